The molecule has 0 radical (unpaired) electrons. The van der Waals surface area contributed by atoms with Gasteiger partial charge in [0.05, 0.1) is 0 Å². The third-order valence-corrected chi connectivity index (χ3v) is 1.45. The monoisotopic (exact) mass is 166 g/mol. The molecule has 1 N–H and O–H groups in total. The zero-order valence-corrected chi connectivity index (χ0v) is 6.92. The SMILES string of the molecule is CCC=Cc1cc(O)cc(F)c1. The van der Waals surface area contributed by atoms with Crippen LogP contribution in [0, 0.1) is 5.82 Å². The summed E-state index contributed by atoms with van der Waals surface area (Å²) in [5.74, 6) is -0.448. The quantitative estimate of drug-likeness (QED) is 0.716. The molecule has 2 heteroatoms. The van der Waals surface area contributed by atoms with Crippen LogP contribution in [0.25, 0.3) is 6.08 Å². The van der Waals surface area contributed by atoms with Crippen LogP contribution in [-0.2, 0) is 0 Å². The van der Waals surface area contributed by atoms with Gasteiger partial charge in [-0.15, -0.1) is 0 Å². The van der Waals surface area contributed by atoms with E-state index in [0.29, 0.717) is 5.56 Å². The van der Waals surface area contributed by atoms with E-state index < -0.39 is 5.82 Å². The first-order chi connectivity index (χ1) is 5.72. The molecule has 0 saturated carbocycles. The Morgan fingerprint density at radius 2 is 2.17 bits per heavy atom. The standard InChI is InChI=1S/C10H11FO/c1-2-3-4-8-5-9(11)7-10(12)6-8/h3-7,12H,2H2,1H3. The van der Waals surface area contributed by atoms with Crippen LogP contribution in [-0.4, -0.2) is 5.11 Å². The number of phenolic OH excluding ortho intramolecular Hbond substituents is 1. The topological polar surface area (TPSA) is 20.2 Å². The van der Waals surface area contributed by atoms with Crippen LogP contribution in [0.2, 0.25) is 0 Å². The minimum absolute atomic E-state index is 0.0363. The summed E-state index contributed by atoms with van der Waals surface area (Å²) in [7, 11) is 0. The highest BCUT2D eigenvalue weighted by Crippen LogP contribution is 2.15. The number of aromatic hydroxyl groups is 1. The molecule has 0 spiro atoms. The summed E-state index contributed by atoms with van der Waals surface area (Å²) >= 11 is 0. The van der Waals surface area contributed by atoms with Crippen molar-refractivity contribution in [3.05, 3.63) is 35.7 Å². The minimum atomic E-state index is -0.411. The van der Waals surface area contributed by atoms with Gasteiger partial charge in [-0.25, -0.2) is 4.39 Å². The molecule has 0 aromatic heterocycles. The van der Waals surface area contributed by atoms with Crippen molar-refractivity contribution < 1.29 is 9.50 Å². The number of rotatable bonds is 2. The van der Waals surface area contributed by atoms with E-state index >= 15 is 0 Å². The molecular formula is C10H11FO. The summed E-state index contributed by atoms with van der Waals surface area (Å²) < 4.78 is 12.7. The maximum absolute atomic E-state index is 12.7. The van der Waals surface area contributed by atoms with Crippen molar-refractivity contribution in [3.63, 3.8) is 0 Å². The normalized spacial score (nSPS) is 10.8. The van der Waals surface area contributed by atoms with Crippen molar-refractivity contribution in [2.75, 3.05) is 0 Å². The van der Waals surface area contributed by atoms with Crippen molar-refractivity contribution in [2.45, 2.75) is 13.3 Å². The predicted molar refractivity (Wildman–Crippen MR) is 47.4 cm³/mol. The highest BCUT2D eigenvalue weighted by Gasteiger charge is 1.95. The van der Waals surface area contributed by atoms with Crippen molar-refractivity contribution in [2.24, 2.45) is 0 Å². The highest BCUT2D eigenvalue weighted by molar-refractivity contribution is 5.51. The number of hydrogen-bond acceptors (Lipinski definition) is 1. The van der Waals surface area contributed by atoms with Crippen LogP contribution < -0.4 is 0 Å². The fraction of sp³-hybridized carbons (Fsp3) is 0.200. The van der Waals surface area contributed by atoms with E-state index in [1.807, 2.05) is 13.0 Å². The van der Waals surface area contributed by atoms with Gasteiger partial charge in [0.25, 0.3) is 0 Å². The summed E-state index contributed by atoms with van der Waals surface area (Å²) in [6.07, 6.45) is 4.59. The molecule has 1 aromatic rings. The van der Waals surface area contributed by atoms with Gasteiger partial charge in [-0.2, -0.15) is 0 Å². The zero-order valence-electron chi connectivity index (χ0n) is 6.92. The van der Waals surface area contributed by atoms with Gasteiger partial charge in [-0.3, -0.25) is 0 Å². The van der Waals surface area contributed by atoms with Crippen molar-refractivity contribution in [3.8, 4) is 5.75 Å². The smallest absolute Gasteiger partial charge is 0.127 e. The lowest BCUT2D eigenvalue weighted by molar-refractivity contribution is 0.469. The third-order valence-electron chi connectivity index (χ3n) is 1.45. The third kappa shape index (κ3) is 2.38. The molecule has 0 unspecified atom stereocenters. The first-order valence-electron chi connectivity index (χ1n) is 3.88. The molecule has 1 nitrogen and oxygen atoms in total. The molecule has 0 bridgehead atoms. The van der Waals surface area contributed by atoms with Gasteiger partial charge in [0, 0.05) is 6.07 Å². The van der Waals surface area contributed by atoms with Gasteiger partial charge < -0.3 is 5.11 Å². The number of phenols is 1. The molecule has 0 amide bonds. The average molecular weight is 166 g/mol. The lowest BCUT2D eigenvalue weighted by Gasteiger charge is -1.95. The molecule has 12 heavy (non-hydrogen) atoms. The van der Waals surface area contributed by atoms with Gasteiger partial charge in [-0.1, -0.05) is 19.1 Å². The first-order valence-corrected chi connectivity index (χ1v) is 3.88. The second kappa shape index (κ2) is 3.90. The summed E-state index contributed by atoms with van der Waals surface area (Å²) in [5.41, 5.74) is 0.689. The molecular weight excluding hydrogens is 155 g/mol. The summed E-state index contributed by atoms with van der Waals surface area (Å²) in [4.78, 5) is 0. The largest absolute Gasteiger partial charge is 0.508 e. The Labute approximate surface area is 71.2 Å². The molecule has 0 atom stereocenters. The summed E-state index contributed by atoms with van der Waals surface area (Å²) in [5, 5.41) is 9.02. The fourth-order valence-corrected chi connectivity index (χ4v) is 0.946. The Balaban J connectivity index is 2.93. The minimum Gasteiger partial charge on any atom is -0.508 e. The van der Waals surface area contributed by atoms with E-state index in [2.05, 4.69) is 0 Å². The van der Waals surface area contributed by atoms with E-state index in [0.717, 1.165) is 12.5 Å². The van der Waals surface area contributed by atoms with Gasteiger partial charge in [0.2, 0.25) is 0 Å². The molecule has 0 aliphatic carbocycles. The van der Waals surface area contributed by atoms with E-state index in [4.69, 9.17) is 5.11 Å². The molecule has 0 fully saturated rings. The van der Waals surface area contributed by atoms with Gasteiger partial charge in [0.1, 0.15) is 11.6 Å². The number of benzene rings is 1. The van der Waals surface area contributed by atoms with Crippen LogP contribution in [0.3, 0.4) is 0 Å². The predicted octanol–water partition coefficient (Wildman–Crippen LogP) is 2.95. The second-order valence-corrected chi connectivity index (χ2v) is 2.55. The Bertz CT molecular complexity index is 272. The Kier molecular flexibility index (Phi) is 2.86. The molecule has 0 aliphatic rings. The number of halogens is 1. The van der Waals surface area contributed by atoms with E-state index in [1.165, 1.54) is 12.1 Å². The van der Waals surface area contributed by atoms with Gasteiger partial charge in [0.15, 0.2) is 0 Å². The van der Waals surface area contributed by atoms with Gasteiger partial charge in [-0.05, 0) is 24.1 Å². The van der Waals surface area contributed by atoms with Crippen LogP contribution >= 0.6 is 0 Å². The van der Waals surface area contributed by atoms with Crippen LogP contribution in [0.4, 0.5) is 4.39 Å². The van der Waals surface area contributed by atoms with Crippen molar-refractivity contribution in [1.82, 2.24) is 0 Å². The second-order valence-electron chi connectivity index (χ2n) is 2.55. The number of hydrogen-bond donors (Lipinski definition) is 1. The highest BCUT2D eigenvalue weighted by atomic mass is 19.1. The van der Waals surface area contributed by atoms with E-state index in [1.54, 1.807) is 6.08 Å². The summed E-state index contributed by atoms with van der Waals surface area (Å²) in [6.45, 7) is 2.00. The molecule has 0 saturated heterocycles. The molecule has 1 aromatic carbocycles. The molecule has 0 aliphatic heterocycles. The van der Waals surface area contributed by atoms with Crippen LogP contribution in [0.15, 0.2) is 24.3 Å². The van der Waals surface area contributed by atoms with Crippen molar-refractivity contribution in [1.29, 1.82) is 0 Å². The van der Waals surface area contributed by atoms with Crippen LogP contribution in [0.1, 0.15) is 18.9 Å². The maximum Gasteiger partial charge on any atom is 0.127 e. The van der Waals surface area contributed by atoms with Gasteiger partial charge >= 0.3 is 0 Å². The fourth-order valence-electron chi connectivity index (χ4n) is 0.946. The van der Waals surface area contributed by atoms with Crippen LogP contribution in [0.5, 0.6) is 5.75 Å². The molecule has 1 rings (SSSR count). The maximum atomic E-state index is 12.7. The molecule has 0 heterocycles. The van der Waals surface area contributed by atoms with Crippen molar-refractivity contribution >= 4 is 6.08 Å². The average Bonchev–Trinajstić information content (AvgIpc) is 1.99. The van der Waals surface area contributed by atoms with E-state index in [9.17, 15) is 4.39 Å². The first kappa shape index (κ1) is 8.78. The zero-order chi connectivity index (χ0) is 8.97. The summed E-state index contributed by atoms with van der Waals surface area (Å²) in [6, 6.07) is 3.99. The Hall–Kier alpha value is -1.31. The molecule has 64 valence electrons. The Morgan fingerprint density at radius 3 is 2.75 bits per heavy atom. The lowest BCUT2D eigenvalue weighted by Crippen LogP contribution is -1.76. The van der Waals surface area contributed by atoms with E-state index in [-0.39, 0.29) is 5.75 Å². The lowest BCUT2D eigenvalue weighted by atomic mass is 10.2. The number of allylic oxidation sites excluding steroid dienone is 1. The Morgan fingerprint density at radius 1 is 1.42 bits per heavy atom.